The lowest BCUT2D eigenvalue weighted by molar-refractivity contribution is -0.139. The van der Waals surface area contributed by atoms with E-state index in [2.05, 4.69) is 5.32 Å². The summed E-state index contributed by atoms with van der Waals surface area (Å²) in [5.41, 5.74) is 1.98. The van der Waals surface area contributed by atoms with E-state index in [1.54, 1.807) is 25.1 Å². The summed E-state index contributed by atoms with van der Waals surface area (Å²) in [6.07, 6.45) is 0. The van der Waals surface area contributed by atoms with Gasteiger partial charge in [0.05, 0.1) is 10.6 Å². The van der Waals surface area contributed by atoms with Gasteiger partial charge in [-0.3, -0.25) is 13.9 Å². The van der Waals surface area contributed by atoms with E-state index in [9.17, 15) is 18.0 Å². The summed E-state index contributed by atoms with van der Waals surface area (Å²) in [5.74, 6) is -0.944. The summed E-state index contributed by atoms with van der Waals surface area (Å²) in [7, 11) is -2.70. The molecule has 0 aliphatic rings. The number of halogens is 2. The number of aryl methyl sites for hydroxylation is 1. The summed E-state index contributed by atoms with van der Waals surface area (Å²) >= 11 is 12.3. The summed E-state index contributed by atoms with van der Waals surface area (Å²) in [6, 6.07) is 18.8. The second-order valence-electron chi connectivity index (χ2n) is 8.25. The van der Waals surface area contributed by atoms with E-state index >= 15 is 0 Å². The molecule has 7 nitrogen and oxygen atoms in total. The van der Waals surface area contributed by atoms with Gasteiger partial charge in [0, 0.05) is 23.6 Å². The fourth-order valence-corrected chi connectivity index (χ4v) is 5.55. The van der Waals surface area contributed by atoms with Gasteiger partial charge < -0.3 is 10.2 Å². The number of hydrogen-bond donors (Lipinski definition) is 1. The number of nitrogens with one attached hydrogen (secondary N) is 1. The molecule has 0 aliphatic heterocycles. The van der Waals surface area contributed by atoms with Crippen molar-refractivity contribution in [2.75, 3.05) is 17.9 Å². The van der Waals surface area contributed by atoms with Gasteiger partial charge in [-0.2, -0.15) is 0 Å². The molecule has 3 aromatic rings. The Morgan fingerprint density at radius 1 is 0.944 bits per heavy atom. The molecule has 3 rings (SSSR count). The molecule has 1 N–H and O–H groups in total. The van der Waals surface area contributed by atoms with Crippen molar-refractivity contribution in [3.05, 3.63) is 94.0 Å². The Morgan fingerprint density at radius 2 is 1.53 bits per heavy atom. The Morgan fingerprint density at radius 3 is 2.08 bits per heavy atom. The molecule has 0 aromatic heterocycles. The zero-order valence-corrected chi connectivity index (χ0v) is 22.4. The molecule has 0 aliphatic carbocycles. The van der Waals surface area contributed by atoms with E-state index in [-0.39, 0.29) is 33.1 Å². The SMILES string of the molecule is CNC(=O)[C@H](C)N(Cc1ccc(C)cc1)C(=O)CN(c1cc(Cl)cc(Cl)c1)S(=O)(=O)c1ccccc1. The number of rotatable bonds is 9. The van der Waals surface area contributed by atoms with E-state index in [1.165, 1.54) is 42.3 Å². The molecule has 0 bridgehead atoms. The summed E-state index contributed by atoms with van der Waals surface area (Å²) in [6.45, 7) is 3.09. The monoisotopic (exact) mass is 547 g/mol. The predicted octanol–water partition coefficient (Wildman–Crippen LogP) is 4.66. The van der Waals surface area contributed by atoms with Crippen molar-refractivity contribution in [1.29, 1.82) is 0 Å². The van der Waals surface area contributed by atoms with E-state index in [4.69, 9.17) is 23.2 Å². The molecule has 190 valence electrons. The van der Waals surface area contributed by atoms with Crippen molar-refractivity contribution in [1.82, 2.24) is 10.2 Å². The first-order valence-electron chi connectivity index (χ1n) is 11.1. The third kappa shape index (κ3) is 6.57. The maximum Gasteiger partial charge on any atom is 0.264 e. The number of amides is 2. The first-order chi connectivity index (χ1) is 17.0. The molecular weight excluding hydrogens is 521 g/mol. The Kier molecular flexibility index (Phi) is 9.00. The zero-order chi connectivity index (χ0) is 26.5. The zero-order valence-electron chi connectivity index (χ0n) is 20.1. The maximum absolute atomic E-state index is 13.7. The summed E-state index contributed by atoms with van der Waals surface area (Å²) in [4.78, 5) is 27.5. The molecule has 1 atom stereocenters. The molecule has 36 heavy (non-hydrogen) atoms. The fourth-order valence-electron chi connectivity index (χ4n) is 3.61. The normalized spacial score (nSPS) is 12.0. The Bertz CT molecular complexity index is 1310. The van der Waals surface area contributed by atoms with Crippen molar-refractivity contribution in [3.63, 3.8) is 0 Å². The molecule has 10 heteroatoms. The summed E-state index contributed by atoms with van der Waals surface area (Å²) in [5, 5.41) is 2.98. The smallest absolute Gasteiger partial charge is 0.264 e. The molecule has 0 saturated carbocycles. The van der Waals surface area contributed by atoms with E-state index in [1.807, 2.05) is 31.2 Å². The average Bonchev–Trinajstić information content (AvgIpc) is 2.85. The first kappa shape index (κ1) is 27.5. The minimum atomic E-state index is -4.18. The third-order valence-electron chi connectivity index (χ3n) is 5.63. The number of benzene rings is 3. The lowest BCUT2D eigenvalue weighted by Crippen LogP contribution is -2.50. The van der Waals surface area contributed by atoms with Crippen molar-refractivity contribution in [2.45, 2.75) is 31.3 Å². The van der Waals surface area contributed by atoms with Crippen molar-refractivity contribution in [2.24, 2.45) is 0 Å². The molecule has 0 spiro atoms. The highest BCUT2D eigenvalue weighted by Crippen LogP contribution is 2.30. The number of carbonyl (C=O) groups excluding carboxylic acids is 2. The number of nitrogens with zero attached hydrogens (tertiary/aromatic N) is 2. The fraction of sp³-hybridized carbons (Fsp3) is 0.231. The van der Waals surface area contributed by atoms with Gasteiger partial charge in [0.15, 0.2) is 0 Å². The van der Waals surface area contributed by atoms with Crippen molar-refractivity contribution in [3.8, 4) is 0 Å². The van der Waals surface area contributed by atoms with E-state index < -0.39 is 28.5 Å². The molecule has 2 amide bonds. The van der Waals surface area contributed by atoms with Crippen molar-refractivity contribution >= 4 is 50.7 Å². The number of sulfonamides is 1. The minimum absolute atomic E-state index is 0.00154. The standard InChI is InChI=1S/C26H27Cl2N3O4S/c1-18-9-11-20(12-10-18)16-30(19(2)26(33)29-3)25(32)17-31(23-14-21(27)13-22(28)15-23)36(34,35)24-7-5-4-6-8-24/h4-15,19H,16-17H2,1-3H3,(H,29,33)/t19-/m0/s1. The van der Waals surface area contributed by atoms with Gasteiger partial charge >= 0.3 is 0 Å². The third-order valence-corrected chi connectivity index (χ3v) is 7.86. The Labute approximate surface area is 221 Å². The number of hydrogen-bond acceptors (Lipinski definition) is 4. The quantitative estimate of drug-likeness (QED) is 0.422. The van der Waals surface area contributed by atoms with Gasteiger partial charge in [0.1, 0.15) is 12.6 Å². The predicted molar refractivity (Wildman–Crippen MR) is 143 cm³/mol. The lowest BCUT2D eigenvalue weighted by Gasteiger charge is -2.32. The molecule has 0 radical (unpaired) electrons. The van der Waals surface area contributed by atoms with Gasteiger partial charge in [-0.05, 0) is 49.7 Å². The van der Waals surface area contributed by atoms with Crippen LogP contribution in [0.4, 0.5) is 5.69 Å². The first-order valence-corrected chi connectivity index (χ1v) is 13.3. The molecule has 0 saturated heterocycles. The van der Waals surface area contributed by atoms with Crippen LogP contribution in [0.2, 0.25) is 10.0 Å². The van der Waals surface area contributed by atoms with Gasteiger partial charge in [-0.1, -0.05) is 71.2 Å². The molecule has 0 unspecified atom stereocenters. The van der Waals surface area contributed by atoms with Crippen LogP contribution in [0.25, 0.3) is 0 Å². The summed E-state index contributed by atoms with van der Waals surface area (Å²) < 4.78 is 28.3. The lowest BCUT2D eigenvalue weighted by atomic mass is 10.1. The number of anilines is 1. The second kappa shape index (κ2) is 11.8. The van der Waals surface area contributed by atoms with Crippen LogP contribution in [0.5, 0.6) is 0 Å². The Hall–Kier alpha value is -3.07. The van der Waals surface area contributed by atoms with Crippen LogP contribution < -0.4 is 9.62 Å². The number of carbonyl (C=O) groups is 2. The minimum Gasteiger partial charge on any atom is -0.357 e. The average molecular weight is 548 g/mol. The maximum atomic E-state index is 13.7. The highest BCUT2D eigenvalue weighted by Gasteiger charge is 2.32. The van der Waals surface area contributed by atoms with E-state index in [0.717, 1.165) is 15.4 Å². The van der Waals surface area contributed by atoms with Crippen LogP contribution in [-0.2, 0) is 26.2 Å². The van der Waals surface area contributed by atoms with Gasteiger partial charge in [-0.15, -0.1) is 0 Å². The van der Waals surface area contributed by atoms with Crippen LogP contribution in [0.3, 0.4) is 0 Å². The molecule has 0 heterocycles. The van der Waals surface area contributed by atoms with Crippen LogP contribution in [-0.4, -0.2) is 44.8 Å². The van der Waals surface area contributed by atoms with Crippen LogP contribution in [0.1, 0.15) is 18.1 Å². The highest BCUT2D eigenvalue weighted by molar-refractivity contribution is 7.92. The van der Waals surface area contributed by atoms with Gasteiger partial charge in [0.2, 0.25) is 11.8 Å². The second-order valence-corrected chi connectivity index (χ2v) is 11.0. The molecular formula is C26H27Cl2N3O4S. The van der Waals surface area contributed by atoms with Crippen LogP contribution in [0, 0.1) is 6.92 Å². The largest absolute Gasteiger partial charge is 0.357 e. The van der Waals surface area contributed by atoms with E-state index in [0.29, 0.717) is 0 Å². The topological polar surface area (TPSA) is 86.8 Å². The van der Waals surface area contributed by atoms with Gasteiger partial charge in [0.25, 0.3) is 10.0 Å². The van der Waals surface area contributed by atoms with Crippen LogP contribution >= 0.6 is 23.2 Å². The van der Waals surface area contributed by atoms with Crippen molar-refractivity contribution < 1.29 is 18.0 Å². The molecule has 0 fully saturated rings. The molecule has 3 aromatic carbocycles. The highest BCUT2D eigenvalue weighted by atomic mass is 35.5. The van der Waals surface area contributed by atoms with Gasteiger partial charge in [-0.25, -0.2) is 8.42 Å². The Balaban J connectivity index is 2.05. The number of likely N-dealkylation sites (N-methyl/N-ethyl adjacent to an activating group) is 1. The van der Waals surface area contributed by atoms with Crippen LogP contribution in [0.15, 0.2) is 77.7 Å².